The van der Waals surface area contributed by atoms with Gasteiger partial charge in [0.2, 0.25) is 0 Å². The Labute approximate surface area is 51.5 Å². The minimum absolute atomic E-state index is 0.899. The van der Waals surface area contributed by atoms with E-state index in [9.17, 15) is 0 Å². The fourth-order valence-corrected chi connectivity index (χ4v) is 0.819. The smallest absolute Gasteiger partial charge is 0.0787 e. The van der Waals surface area contributed by atoms with Gasteiger partial charge in [-0.25, -0.2) is 0 Å². The Morgan fingerprint density at radius 2 is 2.57 bits per heavy atom. The third-order valence-corrected chi connectivity index (χ3v) is 1.28. The normalized spacial score (nSPS) is 20.4. The van der Waals surface area contributed by atoms with Gasteiger partial charge in [0.15, 0.2) is 0 Å². The van der Waals surface area contributed by atoms with Crippen LogP contribution in [0.1, 0.15) is 0 Å². The Bertz CT molecular complexity index is 81.8. The van der Waals surface area contributed by atoms with Crippen LogP contribution in [0.5, 0.6) is 0 Å². The van der Waals surface area contributed by atoms with E-state index < -0.39 is 0 Å². The van der Waals surface area contributed by atoms with Crippen molar-refractivity contribution in [3.8, 4) is 0 Å². The van der Waals surface area contributed by atoms with Gasteiger partial charge in [-0.05, 0) is 0 Å². The zero-order valence-electron chi connectivity index (χ0n) is 3.89. The molecule has 1 N–H and O–H groups in total. The summed E-state index contributed by atoms with van der Waals surface area (Å²) < 4.78 is 1.91. The molecule has 0 atom stereocenters. The van der Waals surface area contributed by atoms with Crippen LogP contribution in [0.3, 0.4) is 0 Å². The molecule has 0 spiro atoms. The number of nitrogens with one attached hydrogen (secondary N) is 1. The van der Waals surface area contributed by atoms with Gasteiger partial charge in [-0.3, -0.25) is 5.32 Å². The van der Waals surface area contributed by atoms with Gasteiger partial charge in [-0.15, -0.1) is 0 Å². The van der Waals surface area contributed by atoms with Crippen molar-refractivity contribution in [3.05, 3.63) is 12.3 Å². The van der Waals surface area contributed by atoms with Gasteiger partial charge in [0.05, 0.1) is 22.8 Å². The summed E-state index contributed by atoms with van der Waals surface area (Å²) in [7, 11) is 0. The van der Waals surface area contributed by atoms with Crippen molar-refractivity contribution in [3.63, 3.8) is 0 Å². The van der Waals surface area contributed by atoms with Crippen LogP contribution in [0.2, 0.25) is 0 Å². The van der Waals surface area contributed by atoms with Crippen molar-refractivity contribution in [1.82, 2.24) is 9.24 Å². The highest BCUT2D eigenvalue weighted by molar-refractivity contribution is 9.07. The number of nitrogens with zero attached hydrogens (tertiary/aromatic N) is 1. The second-order valence-corrected chi connectivity index (χ2v) is 2.31. The van der Waals surface area contributed by atoms with Crippen LogP contribution in [0, 0.1) is 0 Å². The molecule has 1 rings (SSSR count). The molecular weight excluding hydrogens is 156 g/mol. The van der Waals surface area contributed by atoms with Gasteiger partial charge in [0.1, 0.15) is 0 Å². The zero-order valence-corrected chi connectivity index (χ0v) is 5.48. The summed E-state index contributed by atoms with van der Waals surface area (Å²) in [6, 6.07) is 0. The average Bonchev–Trinajstić information content (AvgIpc) is 1.69. The molecule has 0 aromatic rings. The van der Waals surface area contributed by atoms with Gasteiger partial charge < -0.3 is 3.93 Å². The van der Waals surface area contributed by atoms with Crippen molar-refractivity contribution in [2.75, 3.05) is 13.2 Å². The summed E-state index contributed by atoms with van der Waals surface area (Å²) in [5.41, 5.74) is 0. The van der Waals surface area contributed by atoms with E-state index in [0.29, 0.717) is 0 Å². The van der Waals surface area contributed by atoms with Crippen molar-refractivity contribution in [2.45, 2.75) is 0 Å². The van der Waals surface area contributed by atoms with E-state index in [-0.39, 0.29) is 0 Å². The highest BCUT2D eigenvalue weighted by Crippen LogP contribution is 1.97. The molecule has 0 aliphatic carbocycles. The monoisotopic (exact) mass is 162 g/mol. The third-order valence-electron chi connectivity index (χ3n) is 0.792. The molecule has 3 heteroatoms. The predicted molar refractivity (Wildman–Crippen MR) is 32.8 cm³/mol. The molecule has 0 aromatic carbocycles. The molecule has 0 saturated heterocycles. The zero-order chi connectivity index (χ0) is 5.11. The predicted octanol–water partition coefficient (Wildman–Crippen LogP) is 0.673. The van der Waals surface area contributed by atoms with Gasteiger partial charge in [-0.1, -0.05) is 6.08 Å². The molecular formula is C4H7BrN2. The standard InChI is InChI=1S/C4H7BrN2/c5-7-3-1-2-6-4-7/h1,3,6H,2,4H2. The first-order valence-corrected chi connectivity index (χ1v) is 2.90. The summed E-state index contributed by atoms with van der Waals surface area (Å²) in [6.45, 7) is 1.89. The van der Waals surface area contributed by atoms with Crippen LogP contribution in [-0.2, 0) is 0 Å². The van der Waals surface area contributed by atoms with Crippen molar-refractivity contribution in [1.29, 1.82) is 0 Å². The lowest BCUT2D eigenvalue weighted by Gasteiger charge is -2.14. The Balaban J connectivity index is 2.36. The van der Waals surface area contributed by atoms with Crippen molar-refractivity contribution >= 4 is 16.1 Å². The van der Waals surface area contributed by atoms with Crippen LogP contribution in [0.15, 0.2) is 12.3 Å². The summed E-state index contributed by atoms with van der Waals surface area (Å²) in [5, 5.41) is 3.13. The fourth-order valence-electron chi connectivity index (χ4n) is 0.474. The lowest BCUT2D eigenvalue weighted by atomic mass is 10.5. The van der Waals surface area contributed by atoms with E-state index in [2.05, 4.69) is 27.5 Å². The summed E-state index contributed by atoms with van der Waals surface area (Å²) in [5.74, 6) is 0. The van der Waals surface area contributed by atoms with Gasteiger partial charge >= 0.3 is 0 Å². The first-order valence-electron chi connectivity index (χ1n) is 2.19. The van der Waals surface area contributed by atoms with Crippen LogP contribution in [0.4, 0.5) is 0 Å². The van der Waals surface area contributed by atoms with E-state index in [0.717, 1.165) is 13.2 Å². The van der Waals surface area contributed by atoms with Gasteiger partial charge in [0.25, 0.3) is 0 Å². The van der Waals surface area contributed by atoms with Crippen LogP contribution >= 0.6 is 16.1 Å². The fraction of sp³-hybridized carbons (Fsp3) is 0.500. The lowest BCUT2D eigenvalue weighted by Crippen LogP contribution is -2.27. The summed E-state index contributed by atoms with van der Waals surface area (Å²) in [6.07, 6.45) is 4.05. The second-order valence-electron chi connectivity index (χ2n) is 1.40. The van der Waals surface area contributed by atoms with Crippen LogP contribution in [-0.4, -0.2) is 17.1 Å². The molecule has 2 nitrogen and oxygen atoms in total. The van der Waals surface area contributed by atoms with E-state index in [1.54, 1.807) is 0 Å². The molecule has 0 fully saturated rings. The van der Waals surface area contributed by atoms with E-state index in [1.807, 2.05) is 10.1 Å². The minimum Gasteiger partial charge on any atom is -0.302 e. The molecule has 0 bridgehead atoms. The number of hydrogen-bond donors (Lipinski definition) is 1. The summed E-state index contributed by atoms with van der Waals surface area (Å²) in [4.78, 5) is 0. The molecule has 0 unspecified atom stereocenters. The maximum absolute atomic E-state index is 3.27. The van der Waals surface area contributed by atoms with E-state index in [4.69, 9.17) is 0 Å². The molecule has 0 amide bonds. The number of halogens is 1. The molecule has 1 aliphatic rings. The first kappa shape index (κ1) is 5.12. The van der Waals surface area contributed by atoms with Crippen LogP contribution < -0.4 is 5.32 Å². The Morgan fingerprint density at radius 3 is 2.86 bits per heavy atom. The molecule has 40 valence electrons. The molecule has 7 heavy (non-hydrogen) atoms. The number of rotatable bonds is 0. The molecule has 0 aromatic heterocycles. The van der Waals surface area contributed by atoms with E-state index >= 15 is 0 Å². The molecule has 1 heterocycles. The Kier molecular flexibility index (Phi) is 1.70. The average molecular weight is 163 g/mol. The van der Waals surface area contributed by atoms with E-state index in [1.165, 1.54) is 0 Å². The lowest BCUT2D eigenvalue weighted by molar-refractivity contribution is 0.534. The molecule has 1 aliphatic heterocycles. The molecule has 0 radical (unpaired) electrons. The maximum Gasteiger partial charge on any atom is 0.0787 e. The Morgan fingerprint density at radius 1 is 1.71 bits per heavy atom. The highest BCUT2D eigenvalue weighted by atomic mass is 79.9. The van der Waals surface area contributed by atoms with Crippen molar-refractivity contribution in [2.24, 2.45) is 0 Å². The quantitative estimate of drug-likeness (QED) is 0.528. The van der Waals surface area contributed by atoms with Crippen LogP contribution in [0.25, 0.3) is 0 Å². The first-order chi connectivity index (χ1) is 3.39. The second kappa shape index (κ2) is 2.33. The molecule has 0 saturated carbocycles. The Hall–Kier alpha value is -0.0200. The highest BCUT2D eigenvalue weighted by Gasteiger charge is 1.93. The minimum atomic E-state index is 0.899. The summed E-state index contributed by atoms with van der Waals surface area (Å²) >= 11 is 3.27. The third kappa shape index (κ3) is 1.49. The SMILES string of the molecule is BrN1C=CCNC1. The van der Waals surface area contributed by atoms with Gasteiger partial charge in [-0.2, -0.15) is 0 Å². The number of hydrogen-bond acceptors (Lipinski definition) is 2. The largest absolute Gasteiger partial charge is 0.302 e. The van der Waals surface area contributed by atoms with Gasteiger partial charge in [0, 0.05) is 12.7 Å². The van der Waals surface area contributed by atoms with Crippen molar-refractivity contribution < 1.29 is 0 Å². The topological polar surface area (TPSA) is 15.3 Å². The maximum atomic E-state index is 3.27.